The third-order valence-electron chi connectivity index (χ3n) is 6.61. The van der Waals surface area contributed by atoms with Gasteiger partial charge in [0.15, 0.2) is 0 Å². The van der Waals surface area contributed by atoms with Crippen molar-refractivity contribution >= 4 is 77.8 Å². The molecule has 1 aliphatic rings. The average molecular weight is 917 g/mol. The second-order valence-corrected chi connectivity index (χ2v) is 44.5. The number of nitrogens with zero attached hydrogens (tertiary/aromatic N) is 5. The predicted molar refractivity (Wildman–Crippen MR) is 175 cm³/mol. The van der Waals surface area contributed by atoms with Crippen molar-refractivity contribution in [2.75, 3.05) is 99.8 Å². The van der Waals surface area contributed by atoms with Gasteiger partial charge >= 0.3 is 76.8 Å². The molecule has 1 fully saturated rings. The number of halogens is 3. The molecule has 0 aliphatic carbocycles. The van der Waals surface area contributed by atoms with E-state index in [1.807, 2.05) is 18.9 Å². The van der Waals surface area contributed by atoms with Crippen LogP contribution in [-0.4, -0.2) is 148 Å². The zero-order chi connectivity index (χ0) is 29.1. The summed E-state index contributed by atoms with van der Waals surface area (Å²) >= 11 is 7.39. The third kappa shape index (κ3) is 18.5. The number of hydrogen-bond acceptors (Lipinski definition) is 9. The van der Waals surface area contributed by atoms with Gasteiger partial charge in [-0.15, -0.1) is 0 Å². The molecular formula is C24H47I3N5O5V. The van der Waals surface area contributed by atoms with Gasteiger partial charge in [0.05, 0.1) is 33.4 Å². The Balaban J connectivity index is 0.00000318. The standard InChI is InChI=1S/C24H47N5O5.3HI.V/c1-7-9-10-25(4)24(32)21(3)29-17-15-27(19-22(30)33-5)13-11-26(8-2)12-14-28(16-18-29)20-23(31)34-6;;;;/h21H,7-20H2,1-6H3;3*1H;/q;;;;+3/p-3. The van der Waals surface area contributed by atoms with Gasteiger partial charge in [-0.05, 0) is 19.9 Å². The summed E-state index contributed by atoms with van der Waals surface area (Å²) in [6.07, 6.45) is 2.01. The van der Waals surface area contributed by atoms with Crippen LogP contribution in [0.2, 0.25) is 0 Å². The van der Waals surface area contributed by atoms with Crippen LogP contribution in [-0.2, 0) is 28.8 Å². The van der Waals surface area contributed by atoms with Gasteiger partial charge in [0, 0.05) is 66.0 Å². The maximum atomic E-state index is 13.1. The van der Waals surface area contributed by atoms with Crippen molar-refractivity contribution in [2.24, 2.45) is 0 Å². The minimum atomic E-state index is -0.295. The molecule has 1 unspecified atom stereocenters. The molecule has 224 valence electrons. The molecule has 0 N–H and O–H groups in total. The third-order valence-corrected chi connectivity index (χ3v) is 6.61. The molecule has 1 rings (SSSR count). The molecule has 1 saturated heterocycles. The summed E-state index contributed by atoms with van der Waals surface area (Å²) in [5, 5.41) is 0. The molecule has 10 nitrogen and oxygen atoms in total. The minimum absolute atomic E-state index is 0.0942. The molecule has 38 heavy (non-hydrogen) atoms. The number of ether oxygens (including phenoxy) is 2. The van der Waals surface area contributed by atoms with E-state index >= 15 is 0 Å². The van der Waals surface area contributed by atoms with Gasteiger partial charge in [-0.1, -0.05) is 20.3 Å². The van der Waals surface area contributed by atoms with Crippen LogP contribution >= 0.6 is 59.9 Å². The second kappa shape index (κ2) is 23.6. The van der Waals surface area contributed by atoms with E-state index in [1.54, 1.807) is 0 Å². The Labute approximate surface area is 267 Å². The van der Waals surface area contributed by atoms with Crippen LogP contribution in [0.5, 0.6) is 0 Å². The number of rotatable bonds is 10. The summed E-state index contributed by atoms with van der Waals surface area (Å²) in [6.45, 7) is 13.9. The molecule has 0 radical (unpaired) electrons. The maximum absolute atomic E-state index is 13.1. The van der Waals surface area contributed by atoms with Crippen molar-refractivity contribution in [1.29, 1.82) is 0 Å². The summed E-state index contributed by atoms with van der Waals surface area (Å²) in [7, 11) is 4.68. The number of carbonyl (C=O) groups is 3. The van der Waals surface area contributed by atoms with E-state index in [0.29, 0.717) is 26.2 Å². The summed E-state index contributed by atoms with van der Waals surface area (Å²) in [5.74, 6) is -0.416. The zero-order valence-electron chi connectivity index (χ0n) is 23.8. The molecular weight excluding hydrogens is 870 g/mol. The number of unbranched alkanes of at least 4 members (excludes halogenated alkanes) is 1. The van der Waals surface area contributed by atoms with Crippen LogP contribution in [0.15, 0.2) is 0 Å². The molecule has 1 amide bonds. The fourth-order valence-corrected chi connectivity index (χ4v) is 4.05. The SMILES string of the molecule is CCCCN(C)C(=O)C(C)N1CCN(CC(=O)OC)CCN(CC)CCN(CC(=O)OC)CC1.[I][V]([I])[I]. The Bertz CT molecular complexity index is 647. The Morgan fingerprint density at radius 3 is 1.58 bits per heavy atom. The fraction of sp³-hybridized carbons (Fsp3) is 0.875. The van der Waals surface area contributed by atoms with E-state index in [-0.39, 0.29) is 41.9 Å². The second-order valence-electron chi connectivity index (χ2n) is 9.16. The first-order valence-corrected chi connectivity index (χ1v) is 26.6. The Morgan fingerprint density at radius 2 is 1.21 bits per heavy atom. The fourth-order valence-electron chi connectivity index (χ4n) is 4.05. The van der Waals surface area contributed by atoms with E-state index in [1.165, 1.54) is 14.2 Å². The number of carbonyl (C=O) groups excluding carboxylic acids is 3. The summed E-state index contributed by atoms with van der Waals surface area (Å²) < 4.78 is 9.81. The quantitative estimate of drug-likeness (QED) is 0.243. The number of esters is 2. The van der Waals surface area contributed by atoms with E-state index in [0.717, 1.165) is 52.1 Å². The summed E-state index contributed by atoms with van der Waals surface area (Å²) in [4.78, 5) is 47.3. The normalized spacial score (nSPS) is 17.9. The van der Waals surface area contributed by atoms with Crippen LogP contribution in [0.3, 0.4) is 0 Å². The van der Waals surface area contributed by atoms with Gasteiger partial charge in [0.2, 0.25) is 5.91 Å². The van der Waals surface area contributed by atoms with Crippen molar-refractivity contribution in [1.82, 2.24) is 24.5 Å². The number of likely N-dealkylation sites (N-methyl/N-ethyl adjacent to an activating group) is 2. The number of methoxy groups -OCH3 is 2. The van der Waals surface area contributed by atoms with Crippen molar-refractivity contribution in [3.63, 3.8) is 0 Å². The van der Waals surface area contributed by atoms with Crippen molar-refractivity contribution in [2.45, 2.75) is 39.7 Å². The molecule has 0 aromatic rings. The van der Waals surface area contributed by atoms with Crippen molar-refractivity contribution in [3.8, 4) is 0 Å². The number of hydrogen-bond donors (Lipinski definition) is 0. The van der Waals surface area contributed by atoms with Crippen LogP contribution in [0.1, 0.15) is 33.6 Å². The predicted octanol–water partition coefficient (Wildman–Crippen LogP) is 2.88. The van der Waals surface area contributed by atoms with Gasteiger partial charge in [-0.25, -0.2) is 0 Å². The van der Waals surface area contributed by atoms with Gasteiger partial charge in [-0.2, -0.15) is 0 Å². The topological polar surface area (TPSA) is 85.9 Å². The first kappa shape index (κ1) is 39.0. The molecule has 0 saturated carbocycles. The number of amides is 1. The van der Waals surface area contributed by atoms with E-state index in [2.05, 4.69) is 93.4 Å². The first-order chi connectivity index (χ1) is 18.0. The molecule has 0 aromatic heterocycles. The van der Waals surface area contributed by atoms with Gasteiger partial charge < -0.3 is 19.3 Å². The molecule has 1 heterocycles. The molecule has 1 aliphatic heterocycles. The van der Waals surface area contributed by atoms with E-state index in [4.69, 9.17) is 9.47 Å². The molecule has 1 atom stereocenters. The zero-order valence-corrected chi connectivity index (χ0v) is 31.7. The Hall–Kier alpha value is 1.02. The van der Waals surface area contributed by atoms with Gasteiger partial charge in [0.25, 0.3) is 0 Å². The van der Waals surface area contributed by atoms with Crippen LogP contribution in [0, 0.1) is 0 Å². The van der Waals surface area contributed by atoms with Crippen LogP contribution in [0.25, 0.3) is 0 Å². The average Bonchev–Trinajstić information content (AvgIpc) is 2.88. The molecule has 0 bridgehead atoms. The van der Waals surface area contributed by atoms with Crippen molar-refractivity contribution in [3.05, 3.63) is 0 Å². The van der Waals surface area contributed by atoms with Gasteiger partial charge in [0.1, 0.15) is 0 Å². The summed E-state index contributed by atoms with van der Waals surface area (Å²) in [5.41, 5.74) is 0. The first-order valence-electron chi connectivity index (χ1n) is 13.1. The Morgan fingerprint density at radius 1 is 0.816 bits per heavy atom. The van der Waals surface area contributed by atoms with E-state index < -0.39 is 0 Å². The molecule has 0 spiro atoms. The molecule has 0 aromatic carbocycles. The van der Waals surface area contributed by atoms with Gasteiger partial charge in [-0.3, -0.25) is 29.1 Å². The Kier molecular flexibility index (Phi) is 24.2. The summed E-state index contributed by atoms with van der Waals surface area (Å²) in [6, 6.07) is -0.295. The van der Waals surface area contributed by atoms with Crippen LogP contribution < -0.4 is 0 Å². The molecule has 14 heteroatoms. The monoisotopic (exact) mass is 917 g/mol. The van der Waals surface area contributed by atoms with Crippen LogP contribution in [0.4, 0.5) is 0 Å². The van der Waals surface area contributed by atoms with E-state index in [9.17, 15) is 14.4 Å². The van der Waals surface area contributed by atoms with Crippen molar-refractivity contribution < 1.29 is 28.8 Å².